The van der Waals surface area contributed by atoms with Gasteiger partial charge in [0, 0.05) is 12.3 Å². The number of hydrogen-bond donors (Lipinski definition) is 0. The van der Waals surface area contributed by atoms with Gasteiger partial charge in [0.05, 0.1) is 0 Å². The van der Waals surface area contributed by atoms with Gasteiger partial charge in [0.2, 0.25) is 0 Å². The Kier molecular flexibility index (Phi) is 10.6. The van der Waals surface area contributed by atoms with Crippen molar-refractivity contribution >= 4 is 5.78 Å². The molecule has 1 heteroatoms. The van der Waals surface area contributed by atoms with Crippen molar-refractivity contribution < 1.29 is 4.79 Å². The minimum absolute atomic E-state index is 0.262. The van der Waals surface area contributed by atoms with Crippen molar-refractivity contribution in [3.63, 3.8) is 0 Å². The highest BCUT2D eigenvalue weighted by molar-refractivity contribution is 5.86. The Morgan fingerprint density at radius 1 is 0.850 bits per heavy atom. The molecule has 0 N–H and O–H groups in total. The summed E-state index contributed by atoms with van der Waals surface area (Å²) in [6, 6.07) is 0. The summed E-state index contributed by atoms with van der Waals surface area (Å²) in [6.07, 6.45) is 22.6. The van der Waals surface area contributed by atoms with Crippen LogP contribution in [0.3, 0.4) is 0 Å². The molecule has 1 atom stereocenters. The smallest absolute Gasteiger partial charge is 0.143 e. The molecule has 0 amide bonds. The van der Waals surface area contributed by atoms with Gasteiger partial charge in [-0.2, -0.15) is 0 Å². The van der Waals surface area contributed by atoms with Crippen LogP contribution < -0.4 is 0 Å². The van der Waals surface area contributed by atoms with E-state index in [1.807, 2.05) is 6.08 Å². The van der Waals surface area contributed by atoms with Crippen molar-refractivity contribution in [3.05, 3.63) is 12.2 Å². The standard InChI is InChI=1S/C19H34O/c1-2-3-4-5-6-7-8-9-10-11-12-13-15-18-16-14-17-19(18)20/h14,16,18H,2-13,15,17H2,1H3. The van der Waals surface area contributed by atoms with Crippen LogP contribution in [0.1, 0.15) is 96.8 Å². The molecule has 1 unspecified atom stereocenters. The molecule has 0 aromatic heterocycles. The van der Waals surface area contributed by atoms with Crippen LogP contribution in [0, 0.1) is 5.92 Å². The number of rotatable bonds is 13. The Balaban J connectivity index is 1.74. The van der Waals surface area contributed by atoms with E-state index in [-0.39, 0.29) is 5.92 Å². The van der Waals surface area contributed by atoms with Crippen LogP contribution in [0.4, 0.5) is 0 Å². The Hall–Kier alpha value is -0.590. The molecule has 0 saturated carbocycles. The number of carbonyl (C=O) groups is 1. The number of carbonyl (C=O) groups excluding carboxylic acids is 1. The van der Waals surface area contributed by atoms with Gasteiger partial charge in [-0.1, -0.05) is 96.1 Å². The number of allylic oxidation sites excluding steroid dienone is 2. The molecule has 116 valence electrons. The van der Waals surface area contributed by atoms with Gasteiger partial charge in [0.25, 0.3) is 0 Å². The summed E-state index contributed by atoms with van der Waals surface area (Å²) in [4.78, 5) is 11.4. The molecule has 0 spiro atoms. The summed E-state index contributed by atoms with van der Waals surface area (Å²) < 4.78 is 0. The molecule has 0 heterocycles. The van der Waals surface area contributed by atoms with E-state index >= 15 is 0 Å². The van der Waals surface area contributed by atoms with Crippen molar-refractivity contribution in [1.82, 2.24) is 0 Å². The zero-order valence-electron chi connectivity index (χ0n) is 13.5. The second-order valence-corrected chi connectivity index (χ2v) is 6.38. The second-order valence-electron chi connectivity index (χ2n) is 6.38. The molecule has 0 aliphatic heterocycles. The van der Waals surface area contributed by atoms with E-state index < -0.39 is 0 Å². The van der Waals surface area contributed by atoms with Crippen LogP contribution in [0.2, 0.25) is 0 Å². The van der Waals surface area contributed by atoms with Gasteiger partial charge < -0.3 is 0 Å². The normalized spacial score (nSPS) is 18.1. The fourth-order valence-electron chi connectivity index (χ4n) is 3.07. The molecule has 1 aliphatic rings. The van der Waals surface area contributed by atoms with Crippen LogP contribution in [0.5, 0.6) is 0 Å². The summed E-state index contributed by atoms with van der Waals surface area (Å²) in [5.74, 6) is 0.700. The van der Waals surface area contributed by atoms with Gasteiger partial charge in [-0.25, -0.2) is 0 Å². The zero-order valence-corrected chi connectivity index (χ0v) is 13.5. The molecule has 0 saturated heterocycles. The molecular formula is C19H34O. The van der Waals surface area contributed by atoms with Gasteiger partial charge in [-0.05, 0) is 6.42 Å². The fourth-order valence-corrected chi connectivity index (χ4v) is 3.07. The van der Waals surface area contributed by atoms with Crippen LogP contribution >= 0.6 is 0 Å². The lowest BCUT2D eigenvalue weighted by Crippen LogP contribution is -2.05. The third-order valence-corrected chi connectivity index (χ3v) is 4.47. The van der Waals surface area contributed by atoms with Gasteiger partial charge in [-0.3, -0.25) is 4.79 Å². The quantitative estimate of drug-likeness (QED) is 0.288. The van der Waals surface area contributed by atoms with E-state index in [2.05, 4.69) is 13.0 Å². The van der Waals surface area contributed by atoms with E-state index in [1.54, 1.807) is 0 Å². The summed E-state index contributed by atoms with van der Waals surface area (Å²) in [6.45, 7) is 2.28. The topological polar surface area (TPSA) is 17.1 Å². The zero-order chi connectivity index (χ0) is 14.5. The van der Waals surface area contributed by atoms with Crippen LogP contribution in [0.15, 0.2) is 12.2 Å². The minimum atomic E-state index is 0.262. The molecule has 0 radical (unpaired) electrons. The lowest BCUT2D eigenvalue weighted by molar-refractivity contribution is -0.120. The van der Waals surface area contributed by atoms with Crippen LogP contribution in [-0.2, 0) is 4.79 Å². The predicted octanol–water partition coefficient (Wildman–Crippen LogP) is 6.22. The summed E-state index contributed by atoms with van der Waals surface area (Å²) >= 11 is 0. The Bertz CT molecular complexity index is 267. The van der Waals surface area contributed by atoms with Crippen LogP contribution in [-0.4, -0.2) is 5.78 Å². The first-order valence-corrected chi connectivity index (χ1v) is 9.04. The molecule has 0 fully saturated rings. The Morgan fingerprint density at radius 3 is 1.80 bits per heavy atom. The molecule has 1 aliphatic carbocycles. The van der Waals surface area contributed by atoms with Gasteiger partial charge >= 0.3 is 0 Å². The first-order valence-electron chi connectivity index (χ1n) is 9.04. The Labute approximate surface area is 126 Å². The summed E-state index contributed by atoms with van der Waals surface area (Å²) in [5, 5.41) is 0. The molecule has 1 nitrogen and oxygen atoms in total. The highest BCUT2D eigenvalue weighted by atomic mass is 16.1. The summed E-state index contributed by atoms with van der Waals surface area (Å²) in [7, 11) is 0. The van der Waals surface area contributed by atoms with E-state index in [4.69, 9.17) is 0 Å². The van der Waals surface area contributed by atoms with Gasteiger partial charge in [-0.15, -0.1) is 0 Å². The molecule has 0 bridgehead atoms. The van der Waals surface area contributed by atoms with Crippen molar-refractivity contribution in [2.45, 2.75) is 96.8 Å². The van der Waals surface area contributed by atoms with Gasteiger partial charge in [0.1, 0.15) is 5.78 Å². The number of Topliss-reactive ketones (excluding diaryl/α,β-unsaturated/α-hetero) is 1. The van der Waals surface area contributed by atoms with Crippen LogP contribution in [0.25, 0.3) is 0 Å². The third-order valence-electron chi connectivity index (χ3n) is 4.47. The highest BCUT2D eigenvalue weighted by Crippen LogP contribution is 2.20. The number of hydrogen-bond acceptors (Lipinski definition) is 1. The predicted molar refractivity (Wildman–Crippen MR) is 87.9 cm³/mol. The average Bonchev–Trinajstić information content (AvgIpc) is 2.85. The average molecular weight is 278 g/mol. The lowest BCUT2D eigenvalue weighted by Gasteiger charge is -2.06. The van der Waals surface area contributed by atoms with Gasteiger partial charge in [0.15, 0.2) is 0 Å². The fraction of sp³-hybridized carbons (Fsp3) is 0.842. The molecule has 0 aromatic carbocycles. The first kappa shape index (κ1) is 17.5. The molecular weight excluding hydrogens is 244 g/mol. The maximum atomic E-state index is 11.4. The van der Waals surface area contributed by atoms with E-state index in [1.165, 1.54) is 77.0 Å². The second kappa shape index (κ2) is 12.2. The highest BCUT2D eigenvalue weighted by Gasteiger charge is 2.17. The van der Waals surface area contributed by atoms with E-state index in [0.29, 0.717) is 12.2 Å². The number of ketones is 1. The molecule has 0 aromatic rings. The van der Waals surface area contributed by atoms with Crippen molar-refractivity contribution in [3.8, 4) is 0 Å². The molecule has 1 rings (SSSR count). The maximum absolute atomic E-state index is 11.4. The SMILES string of the molecule is CCCCCCCCCCCCCCC1C=CCC1=O. The maximum Gasteiger partial charge on any atom is 0.143 e. The minimum Gasteiger partial charge on any atom is -0.299 e. The lowest BCUT2D eigenvalue weighted by atomic mass is 9.98. The van der Waals surface area contributed by atoms with E-state index in [9.17, 15) is 4.79 Å². The summed E-state index contributed by atoms with van der Waals surface area (Å²) in [5.41, 5.74) is 0. The van der Waals surface area contributed by atoms with Crippen molar-refractivity contribution in [1.29, 1.82) is 0 Å². The third kappa shape index (κ3) is 8.55. The van der Waals surface area contributed by atoms with Crippen molar-refractivity contribution in [2.75, 3.05) is 0 Å². The monoisotopic (exact) mass is 278 g/mol. The van der Waals surface area contributed by atoms with Crippen molar-refractivity contribution in [2.24, 2.45) is 5.92 Å². The Morgan fingerprint density at radius 2 is 1.35 bits per heavy atom. The van der Waals surface area contributed by atoms with E-state index in [0.717, 1.165) is 6.42 Å². The molecule has 20 heavy (non-hydrogen) atoms. The number of unbranched alkanes of at least 4 members (excludes halogenated alkanes) is 11. The largest absolute Gasteiger partial charge is 0.299 e. The first-order chi connectivity index (χ1) is 9.84.